The molecule has 0 unspecified atom stereocenters. The van der Waals surface area contributed by atoms with E-state index < -0.39 is 12.0 Å². The monoisotopic (exact) mass is 416 g/mol. The van der Waals surface area contributed by atoms with E-state index in [0.29, 0.717) is 16.8 Å². The number of rotatable bonds is 7. The standard InChI is InChI=1S/C25H24N2O4/c1-17-13-14-20(25(30)31-2)15-21(17)26-23(28)16-22(18-9-5-3-6-10-18)27-24(29)19-11-7-4-8-12-19/h3-15,22H,16H2,1-2H3,(H,26,28)(H,27,29)/t22-/m1/s1. The van der Waals surface area contributed by atoms with E-state index in [9.17, 15) is 14.4 Å². The first-order valence-corrected chi connectivity index (χ1v) is 9.87. The highest BCUT2D eigenvalue weighted by Crippen LogP contribution is 2.21. The van der Waals surface area contributed by atoms with Crippen molar-refractivity contribution >= 4 is 23.5 Å². The number of amides is 2. The van der Waals surface area contributed by atoms with Crippen LogP contribution in [0.1, 0.15) is 44.3 Å². The number of hydrogen-bond acceptors (Lipinski definition) is 4. The topological polar surface area (TPSA) is 84.5 Å². The molecule has 0 aliphatic rings. The zero-order valence-corrected chi connectivity index (χ0v) is 17.4. The lowest BCUT2D eigenvalue weighted by atomic mass is 10.0. The number of benzene rings is 3. The number of ether oxygens (including phenoxy) is 1. The number of esters is 1. The molecule has 0 heterocycles. The normalized spacial score (nSPS) is 11.3. The molecule has 0 aliphatic carbocycles. The molecule has 31 heavy (non-hydrogen) atoms. The zero-order valence-electron chi connectivity index (χ0n) is 17.4. The van der Waals surface area contributed by atoms with E-state index in [0.717, 1.165) is 11.1 Å². The van der Waals surface area contributed by atoms with Crippen LogP contribution in [-0.4, -0.2) is 24.9 Å². The Bertz CT molecular complexity index is 1070. The van der Waals surface area contributed by atoms with Crippen molar-refractivity contribution in [2.75, 3.05) is 12.4 Å². The fraction of sp³-hybridized carbons (Fsp3) is 0.160. The molecule has 3 aromatic rings. The molecule has 158 valence electrons. The van der Waals surface area contributed by atoms with Gasteiger partial charge in [0.2, 0.25) is 5.91 Å². The van der Waals surface area contributed by atoms with Crippen LogP contribution in [0.3, 0.4) is 0 Å². The summed E-state index contributed by atoms with van der Waals surface area (Å²) in [6.07, 6.45) is 0.0322. The maximum Gasteiger partial charge on any atom is 0.337 e. The van der Waals surface area contributed by atoms with Crippen molar-refractivity contribution in [1.29, 1.82) is 0 Å². The minimum absolute atomic E-state index is 0.0322. The van der Waals surface area contributed by atoms with Gasteiger partial charge >= 0.3 is 5.97 Å². The van der Waals surface area contributed by atoms with Gasteiger partial charge in [0, 0.05) is 11.3 Å². The summed E-state index contributed by atoms with van der Waals surface area (Å²) in [6, 6.07) is 22.6. The molecule has 0 spiro atoms. The first-order valence-electron chi connectivity index (χ1n) is 9.87. The predicted octanol–water partition coefficient (Wildman–Crippen LogP) is 4.28. The van der Waals surface area contributed by atoms with Gasteiger partial charge in [-0.15, -0.1) is 0 Å². The lowest BCUT2D eigenvalue weighted by Crippen LogP contribution is -2.31. The fourth-order valence-electron chi connectivity index (χ4n) is 3.16. The van der Waals surface area contributed by atoms with Gasteiger partial charge in [-0.2, -0.15) is 0 Å². The summed E-state index contributed by atoms with van der Waals surface area (Å²) in [5.41, 5.74) is 3.02. The highest BCUT2D eigenvalue weighted by molar-refractivity contribution is 5.97. The third-order valence-electron chi connectivity index (χ3n) is 4.87. The quantitative estimate of drug-likeness (QED) is 0.563. The zero-order chi connectivity index (χ0) is 22.2. The Morgan fingerprint density at radius 2 is 1.52 bits per heavy atom. The molecule has 0 saturated heterocycles. The van der Waals surface area contributed by atoms with E-state index in [-0.39, 0.29) is 18.2 Å². The van der Waals surface area contributed by atoms with E-state index in [2.05, 4.69) is 10.6 Å². The Morgan fingerprint density at radius 3 is 2.16 bits per heavy atom. The first-order chi connectivity index (χ1) is 15.0. The molecule has 0 aliphatic heterocycles. The number of nitrogens with one attached hydrogen (secondary N) is 2. The van der Waals surface area contributed by atoms with Gasteiger partial charge in [0.05, 0.1) is 25.1 Å². The Hall–Kier alpha value is -3.93. The summed E-state index contributed by atoms with van der Waals surface area (Å²) in [7, 11) is 1.31. The van der Waals surface area contributed by atoms with Gasteiger partial charge in [0.15, 0.2) is 0 Å². The Kier molecular flexibility index (Phi) is 7.17. The molecular formula is C25H24N2O4. The van der Waals surface area contributed by atoms with Crippen molar-refractivity contribution in [3.8, 4) is 0 Å². The number of carbonyl (C=O) groups excluding carboxylic acids is 3. The largest absolute Gasteiger partial charge is 0.465 e. The first kappa shape index (κ1) is 21.8. The van der Waals surface area contributed by atoms with E-state index >= 15 is 0 Å². The fourth-order valence-corrected chi connectivity index (χ4v) is 3.16. The number of methoxy groups -OCH3 is 1. The Balaban J connectivity index is 1.77. The van der Waals surface area contributed by atoms with Gasteiger partial charge in [-0.25, -0.2) is 4.79 Å². The molecule has 0 saturated carbocycles. The SMILES string of the molecule is COC(=O)c1ccc(C)c(NC(=O)C[C@@H](NC(=O)c2ccccc2)c2ccccc2)c1. The van der Waals surface area contributed by atoms with E-state index in [1.807, 2.05) is 43.3 Å². The maximum atomic E-state index is 12.8. The summed E-state index contributed by atoms with van der Waals surface area (Å²) < 4.78 is 4.75. The van der Waals surface area contributed by atoms with Crippen LogP contribution in [0.15, 0.2) is 78.9 Å². The molecule has 0 aromatic heterocycles. The van der Waals surface area contributed by atoms with Gasteiger partial charge in [-0.05, 0) is 42.3 Å². The van der Waals surface area contributed by atoms with Crippen molar-refractivity contribution in [2.45, 2.75) is 19.4 Å². The van der Waals surface area contributed by atoms with Crippen LogP contribution >= 0.6 is 0 Å². The van der Waals surface area contributed by atoms with Crippen molar-refractivity contribution < 1.29 is 19.1 Å². The summed E-state index contributed by atoms with van der Waals surface area (Å²) in [6.45, 7) is 1.84. The van der Waals surface area contributed by atoms with Crippen LogP contribution in [-0.2, 0) is 9.53 Å². The van der Waals surface area contributed by atoms with Crippen molar-refractivity contribution in [3.63, 3.8) is 0 Å². The minimum Gasteiger partial charge on any atom is -0.465 e. The van der Waals surface area contributed by atoms with E-state index in [1.54, 1.807) is 42.5 Å². The van der Waals surface area contributed by atoms with E-state index in [1.165, 1.54) is 7.11 Å². The van der Waals surface area contributed by atoms with Crippen molar-refractivity contribution in [3.05, 3.63) is 101 Å². The van der Waals surface area contributed by atoms with Crippen LogP contribution in [0, 0.1) is 6.92 Å². The van der Waals surface area contributed by atoms with Gasteiger partial charge in [0.1, 0.15) is 0 Å². The number of carbonyl (C=O) groups is 3. The van der Waals surface area contributed by atoms with Crippen LogP contribution in [0.5, 0.6) is 0 Å². The second kappa shape index (κ2) is 10.2. The average molecular weight is 416 g/mol. The highest BCUT2D eigenvalue weighted by Gasteiger charge is 2.20. The molecule has 2 N–H and O–H groups in total. The molecular weight excluding hydrogens is 392 g/mol. The third-order valence-corrected chi connectivity index (χ3v) is 4.87. The number of aryl methyl sites for hydroxylation is 1. The van der Waals surface area contributed by atoms with E-state index in [4.69, 9.17) is 4.74 Å². The summed E-state index contributed by atoms with van der Waals surface area (Å²) in [5, 5.41) is 5.79. The third kappa shape index (κ3) is 5.79. The smallest absolute Gasteiger partial charge is 0.337 e. The predicted molar refractivity (Wildman–Crippen MR) is 119 cm³/mol. The average Bonchev–Trinajstić information content (AvgIpc) is 2.80. The van der Waals surface area contributed by atoms with Crippen molar-refractivity contribution in [1.82, 2.24) is 5.32 Å². The van der Waals surface area contributed by atoms with Crippen LogP contribution in [0.2, 0.25) is 0 Å². The van der Waals surface area contributed by atoms with Gasteiger partial charge < -0.3 is 15.4 Å². The molecule has 2 amide bonds. The van der Waals surface area contributed by atoms with Gasteiger partial charge in [0.25, 0.3) is 5.91 Å². The molecule has 6 nitrogen and oxygen atoms in total. The number of hydrogen-bond donors (Lipinski definition) is 2. The molecule has 3 aromatic carbocycles. The van der Waals surface area contributed by atoms with Crippen molar-refractivity contribution in [2.24, 2.45) is 0 Å². The number of anilines is 1. The summed E-state index contributed by atoms with van der Waals surface area (Å²) in [5.74, 6) is -1.02. The lowest BCUT2D eigenvalue weighted by Gasteiger charge is -2.20. The summed E-state index contributed by atoms with van der Waals surface area (Å²) in [4.78, 5) is 37.3. The molecule has 0 bridgehead atoms. The Labute approximate surface area is 181 Å². The molecule has 0 fully saturated rings. The van der Waals surface area contributed by atoms with Gasteiger partial charge in [-0.1, -0.05) is 54.6 Å². The molecule has 1 atom stereocenters. The second-order valence-electron chi connectivity index (χ2n) is 7.08. The minimum atomic E-state index is -0.516. The second-order valence-corrected chi connectivity index (χ2v) is 7.08. The van der Waals surface area contributed by atoms with Gasteiger partial charge in [-0.3, -0.25) is 9.59 Å². The van der Waals surface area contributed by atoms with Crippen LogP contribution in [0.4, 0.5) is 5.69 Å². The molecule has 0 radical (unpaired) electrons. The summed E-state index contributed by atoms with van der Waals surface area (Å²) >= 11 is 0. The Morgan fingerprint density at radius 1 is 0.871 bits per heavy atom. The maximum absolute atomic E-state index is 12.8. The highest BCUT2D eigenvalue weighted by atomic mass is 16.5. The molecule has 3 rings (SSSR count). The van der Waals surface area contributed by atoms with Crippen LogP contribution < -0.4 is 10.6 Å². The molecule has 6 heteroatoms. The van der Waals surface area contributed by atoms with Crippen LogP contribution in [0.25, 0.3) is 0 Å². The lowest BCUT2D eigenvalue weighted by molar-refractivity contribution is -0.116.